The number of hydrogen-bond acceptors (Lipinski definition) is 7. The van der Waals surface area contributed by atoms with Gasteiger partial charge in [-0.1, -0.05) is 6.07 Å². The van der Waals surface area contributed by atoms with Crippen molar-refractivity contribution in [1.82, 2.24) is 9.97 Å². The molecule has 1 fully saturated rings. The van der Waals surface area contributed by atoms with Crippen molar-refractivity contribution in [2.75, 3.05) is 18.0 Å². The Morgan fingerprint density at radius 2 is 2.08 bits per heavy atom. The first kappa shape index (κ1) is 17.8. The Morgan fingerprint density at radius 3 is 2.67 bits per heavy atom. The number of amides is 1. The van der Waals surface area contributed by atoms with E-state index in [1.54, 1.807) is 23.7 Å². The molecule has 0 aromatic carbocycles. The van der Waals surface area contributed by atoms with Gasteiger partial charge in [-0.2, -0.15) is 5.26 Å². The molecule has 7 nitrogen and oxygen atoms in total. The Balaban J connectivity index is 0.000000177. The third-order valence-corrected chi connectivity index (χ3v) is 4.46. The van der Waals surface area contributed by atoms with Crippen molar-refractivity contribution in [3.8, 4) is 6.07 Å². The van der Waals surface area contributed by atoms with Gasteiger partial charge in [-0.05, 0) is 24.3 Å². The highest BCUT2D eigenvalue weighted by Crippen LogP contribution is 2.19. The van der Waals surface area contributed by atoms with Gasteiger partial charge in [0.05, 0.1) is 6.04 Å². The normalized spacial score (nSPS) is 14.4. The highest BCUT2D eigenvalue weighted by Gasteiger charge is 2.17. The predicted octanol–water partition coefficient (Wildman–Crippen LogP) is 1.05. The maximum atomic E-state index is 10.5. The van der Waals surface area contributed by atoms with Crippen LogP contribution >= 0.6 is 11.3 Å². The molecule has 0 unspecified atom stereocenters. The van der Waals surface area contributed by atoms with Gasteiger partial charge in [-0.15, -0.1) is 11.3 Å². The van der Waals surface area contributed by atoms with E-state index in [0.29, 0.717) is 12.1 Å². The first-order valence-electron chi connectivity index (χ1n) is 7.65. The zero-order chi connectivity index (χ0) is 17.4. The standard InChI is InChI=1S/C9H10N4.C7H10N2OS/c10-7-8-9(12-4-3-11-8)13-5-1-2-6-13;8-6(7(9)10)4-5-2-1-3-11-5/h3-4H,1-2,5-6H2;1-3,6H,4,8H2,(H2,9,10)/t;6-/m.0/s1. The van der Waals surface area contributed by atoms with Gasteiger partial charge in [0.15, 0.2) is 11.5 Å². The van der Waals surface area contributed by atoms with E-state index in [1.807, 2.05) is 17.5 Å². The minimum absolute atomic E-state index is 0.435. The number of anilines is 1. The van der Waals surface area contributed by atoms with Crippen molar-refractivity contribution in [1.29, 1.82) is 5.26 Å². The van der Waals surface area contributed by atoms with Gasteiger partial charge >= 0.3 is 0 Å². The van der Waals surface area contributed by atoms with Crippen LogP contribution in [0, 0.1) is 11.3 Å². The molecule has 1 saturated heterocycles. The van der Waals surface area contributed by atoms with Crippen LogP contribution in [0.2, 0.25) is 0 Å². The summed E-state index contributed by atoms with van der Waals surface area (Å²) in [6.07, 6.45) is 6.10. The second kappa shape index (κ2) is 8.96. The molecular weight excluding hydrogens is 324 g/mol. The van der Waals surface area contributed by atoms with E-state index in [1.165, 1.54) is 12.8 Å². The van der Waals surface area contributed by atoms with Crippen LogP contribution in [0.15, 0.2) is 29.9 Å². The first-order valence-corrected chi connectivity index (χ1v) is 8.53. The lowest BCUT2D eigenvalue weighted by Gasteiger charge is -2.15. The fourth-order valence-corrected chi connectivity index (χ4v) is 3.08. The summed E-state index contributed by atoms with van der Waals surface area (Å²) in [6, 6.07) is 5.37. The Hall–Kier alpha value is -2.50. The third-order valence-electron chi connectivity index (χ3n) is 3.56. The Labute approximate surface area is 144 Å². The van der Waals surface area contributed by atoms with Crippen LogP contribution in [0.3, 0.4) is 0 Å². The number of nitrogens with zero attached hydrogens (tertiary/aromatic N) is 4. The van der Waals surface area contributed by atoms with Gasteiger partial charge in [0.1, 0.15) is 6.07 Å². The van der Waals surface area contributed by atoms with Gasteiger partial charge < -0.3 is 16.4 Å². The number of primary amides is 1. The van der Waals surface area contributed by atoms with Crippen molar-refractivity contribution in [3.05, 3.63) is 40.5 Å². The van der Waals surface area contributed by atoms with Gasteiger partial charge in [-0.25, -0.2) is 9.97 Å². The number of nitrogens with two attached hydrogens (primary N) is 2. The molecule has 0 radical (unpaired) electrons. The number of hydrogen-bond donors (Lipinski definition) is 2. The fraction of sp³-hybridized carbons (Fsp3) is 0.375. The molecule has 1 aliphatic heterocycles. The molecule has 3 rings (SSSR count). The molecule has 0 bridgehead atoms. The molecule has 2 aromatic rings. The van der Waals surface area contributed by atoms with Crippen LogP contribution in [-0.2, 0) is 11.2 Å². The van der Waals surface area contributed by atoms with Crippen LogP contribution in [0.4, 0.5) is 5.82 Å². The van der Waals surface area contributed by atoms with Crippen molar-refractivity contribution >= 4 is 23.1 Å². The molecule has 24 heavy (non-hydrogen) atoms. The smallest absolute Gasteiger partial charge is 0.234 e. The maximum Gasteiger partial charge on any atom is 0.234 e. The number of carbonyl (C=O) groups excluding carboxylic acids is 1. The van der Waals surface area contributed by atoms with Crippen molar-refractivity contribution in [3.63, 3.8) is 0 Å². The van der Waals surface area contributed by atoms with E-state index < -0.39 is 11.9 Å². The Kier molecular flexibility index (Phi) is 6.66. The molecule has 1 amide bonds. The highest BCUT2D eigenvalue weighted by molar-refractivity contribution is 7.09. The molecule has 0 saturated carbocycles. The maximum absolute atomic E-state index is 10.5. The summed E-state index contributed by atoms with van der Waals surface area (Å²) in [4.78, 5) is 21.9. The van der Waals surface area contributed by atoms with Crippen molar-refractivity contribution in [2.24, 2.45) is 11.5 Å². The fourth-order valence-electron chi connectivity index (χ4n) is 2.32. The number of carbonyl (C=O) groups is 1. The average molecular weight is 344 g/mol. The van der Waals surface area contributed by atoms with Gasteiger partial charge in [0, 0.05) is 36.8 Å². The summed E-state index contributed by atoms with van der Waals surface area (Å²) in [6.45, 7) is 1.99. The second-order valence-electron chi connectivity index (χ2n) is 5.33. The lowest BCUT2D eigenvalue weighted by Crippen LogP contribution is -2.37. The SMILES string of the molecule is N#Cc1nccnc1N1CCCC1.NC(=O)[C@@H](N)Cc1cccs1. The van der Waals surface area contributed by atoms with Gasteiger partial charge in [0.25, 0.3) is 0 Å². The summed E-state index contributed by atoms with van der Waals surface area (Å²) in [5, 5.41) is 10.7. The van der Waals surface area contributed by atoms with Crippen LogP contribution in [0.1, 0.15) is 23.4 Å². The third kappa shape index (κ3) is 5.01. The molecule has 3 heterocycles. The van der Waals surface area contributed by atoms with E-state index >= 15 is 0 Å². The Morgan fingerprint density at radius 1 is 1.38 bits per heavy atom. The van der Waals surface area contributed by atoms with Gasteiger partial charge in [0.2, 0.25) is 5.91 Å². The Bertz CT molecular complexity index is 691. The van der Waals surface area contributed by atoms with Crippen molar-refractivity contribution < 1.29 is 4.79 Å². The molecular formula is C16H20N6OS. The molecule has 8 heteroatoms. The van der Waals surface area contributed by atoms with E-state index in [-0.39, 0.29) is 0 Å². The lowest BCUT2D eigenvalue weighted by atomic mass is 10.2. The minimum Gasteiger partial charge on any atom is -0.368 e. The van der Waals surface area contributed by atoms with Crippen LogP contribution in [0.5, 0.6) is 0 Å². The van der Waals surface area contributed by atoms with Gasteiger partial charge in [-0.3, -0.25) is 4.79 Å². The molecule has 0 spiro atoms. The minimum atomic E-state index is -0.548. The van der Waals surface area contributed by atoms with E-state index in [9.17, 15) is 4.79 Å². The zero-order valence-corrected chi connectivity index (χ0v) is 14.1. The molecule has 2 aromatic heterocycles. The van der Waals surface area contributed by atoms with Crippen LogP contribution in [0.25, 0.3) is 0 Å². The number of thiophene rings is 1. The zero-order valence-electron chi connectivity index (χ0n) is 13.3. The summed E-state index contributed by atoms with van der Waals surface area (Å²) in [7, 11) is 0. The quantitative estimate of drug-likeness (QED) is 0.855. The molecule has 1 atom stereocenters. The second-order valence-corrected chi connectivity index (χ2v) is 6.36. The topological polar surface area (TPSA) is 122 Å². The summed E-state index contributed by atoms with van der Waals surface area (Å²) < 4.78 is 0. The summed E-state index contributed by atoms with van der Waals surface area (Å²) in [5.74, 6) is 0.293. The summed E-state index contributed by atoms with van der Waals surface area (Å²) >= 11 is 1.58. The highest BCUT2D eigenvalue weighted by atomic mass is 32.1. The average Bonchev–Trinajstić information content (AvgIpc) is 3.29. The van der Waals surface area contributed by atoms with Crippen LogP contribution in [-0.4, -0.2) is 35.0 Å². The van der Waals surface area contributed by atoms with E-state index in [4.69, 9.17) is 16.7 Å². The molecule has 0 aliphatic carbocycles. The van der Waals surface area contributed by atoms with Crippen molar-refractivity contribution in [2.45, 2.75) is 25.3 Å². The number of aromatic nitrogens is 2. The predicted molar refractivity (Wildman–Crippen MR) is 93.4 cm³/mol. The first-order chi connectivity index (χ1) is 11.6. The summed E-state index contributed by atoms with van der Waals surface area (Å²) in [5.41, 5.74) is 10.9. The lowest BCUT2D eigenvalue weighted by molar-refractivity contribution is -0.119. The number of nitriles is 1. The van der Waals surface area contributed by atoms with Crippen LogP contribution < -0.4 is 16.4 Å². The number of rotatable bonds is 4. The molecule has 4 N–H and O–H groups in total. The molecule has 126 valence electrons. The monoisotopic (exact) mass is 344 g/mol. The van der Waals surface area contributed by atoms with E-state index in [0.717, 1.165) is 23.8 Å². The largest absolute Gasteiger partial charge is 0.368 e. The molecule has 1 aliphatic rings. The van der Waals surface area contributed by atoms with E-state index in [2.05, 4.69) is 20.9 Å².